The lowest BCUT2D eigenvalue weighted by Gasteiger charge is -2.09. The van der Waals surface area contributed by atoms with Crippen LogP contribution in [0.5, 0.6) is 0 Å². The third-order valence-electron chi connectivity index (χ3n) is 5.22. The van der Waals surface area contributed by atoms with Crippen molar-refractivity contribution >= 4 is 54.0 Å². The van der Waals surface area contributed by atoms with Crippen molar-refractivity contribution in [2.24, 2.45) is 0 Å². The van der Waals surface area contributed by atoms with Crippen LogP contribution in [0.3, 0.4) is 0 Å². The van der Waals surface area contributed by atoms with E-state index in [4.69, 9.17) is 0 Å². The zero-order chi connectivity index (χ0) is 17.1. The Balaban J connectivity index is 1.70. The summed E-state index contributed by atoms with van der Waals surface area (Å²) in [5.41, 5.74) is 3.78. The van der Waals surface area contributed by atoms with Crippen LogP contribution in [0.15, 0.2) is 90.3 Å². The Labute approximate surface area is 154 Å². The van der Waals surface area contributed by atoms with Gasteiger partial charge in [0.2, 0.25) is 0 Å². The van der Waals surface area contributed by atoms with E-state index in [-0.39, 0.29) is 0 Å². The van der Waals surface area contributed by atoms with E-state index >= 15 is 0 Å². The number of thiophene rings is 1. The van der Waals surface area contributed by atoms with Crippen molar-refractivity contribution in [2.75, 3.05) is 0 Å². The predicted octanol–water partition coefficient (Wildman–Crippen LogP) is 7.15. The van der Waals surface area contributed by atoms with E-state index in [2.05, 4.69) is 94.9 Å². The number of hydrogen-bond acceptors (Lipinski definition) is 1. The first kappa shape index (κ1) is 14.1. The summed E-state index contributed by atoms with van der Waals surface area (Å²) in [4.78, 5) is 0. The van der Waals surface area contributed by atoms with Crippen LogP contribution >= 0.6 is 11.3 Å². The number of para-hydroxylation sites is 1. The topological polar surface area (TPSA) is 4.93 Å². The van der Waals surface area contributed by atoms with Gasteiger partial charge >= 0.3 is 0 Å². The maximum atomic E-state index is 2.38. The molecule has 4 aromatic carbocycles. The summed E-state index contributed by atoms with van der Waals surface area (Å²) in [6.07, 6.45) is 0. The highest BCUT2D eigenvalue weighted by Gasteiger charge is 2.13. The quantitative estimate of drug-likeness (QED) is 0.278. The van der Waals surface area contributed by atoms with E-state index in [1.165, 1.54) is 48.4 Å². The molecule has 2 heterocycles. The molecule has 6 rings (SSSR count). The fourth-order valence-corrected chi connectivity index (χ4v) is 4.93. The fourth-order valence-electron chi connectivity index (χ4n) is 4.02. The second kappa shape index (κ2) is 5.20. The Morgan fingerprint density at radius 1 is 0.577 bits per heavy atom. The maximum absolute atomic E-state index is 2.38. The van der Waals surface area contributed by atoms with Gasteiger partial charge in [0.05, 0.1) is 15.7 Å². The molecule has 26 heavy (non-hydrogen) atoms. The summed E-state index contributed by atoms with van der Waals surface area (Å²) in [5.74, 6) is 0. The highest BCUT2D eigenvalue weighted by molar-refractivity contribution is 7.18. The standard InChI is InChI=1S/C24H15NS/c1-2-6-17-14-19-15-20(10-9-18(19)13-16(17)5-1)25-22-8-4-3-7-21(22)24-23(25)11-12-26-24/h1-15H. The summed E-state index contributed by atoms with van der Waals surface area (Å²) in [6.45, 7) is 0. The fraction of sp³-hybridized carbons (Fsp3) is 0. The summed E-state index contributed by atoms with van der Waals surface area (Å²) < 4.78 is 3.75. The Kier molecular flexibility index (Phi) is 2.82. The van der Waals surface area contributed by atoms with Gasteiger partial charge in [-0.05, 0) is 63.3 Å². The molecule has 0 spiro atoms. The van der Waals surface area contributed by atoms with Crippen molar-refractivity contribution in [3.63, 3.8) is 0 Å². The van der Waals surface area contributed by atoms with Crippen LogP contribution in [0.2, 0.25) is 0 Å². The summed E-state index contributed by atoms with van der Waals surface area (Å²) in [6, 6.07) is 30.8. The lowest BCUT2D eigenvalue weighted by molar-refractivity contribution is 1.19. The van der Waals surface area contributed by atoms with Crippen molar-refractivity contribution in [1.29, 1.82) is 0 Å². The van der Waals surface area contributed by atoms with Crippen LogP contribution < -0.4 is 0 Å². The normalized spacial score (nSPS) is 11.8. The molecular weight excluding hydrogens is 334 g/mol. The molecule has 1 nitrogen and oxygen atoms in total. The smallest absolute Gasteiger partial charge is 0.0648 e. The lowest BCUT2D eigenvalue weighted by atomic mass is 10.0. The van der Waals surface area contributed by atoms with Crippen LogP contribution in [0.4, 0.5) is 0 Å². The summed E-state index contributed by atoms with van der Waals surface area (Å²) >= 11 is 1.82. The zero-order valence-electron chi connectivity index (χ0n) is 14.0. The van der Waals surface area contributed by atoms with E-state index in [1.807, 2.05) is 11.3 Å². The van der Waals surface area contributed by atoms with E-state index in [1.54, 1.807) is 0 Å². The molecule has 6 aromatic rings. The molecule has 0 radical (unpaired) electrons. The second-order valence-electron chi connectivity index (χ2n) is 6.72. The van der Waals surface area contributed by atoms with Crippen molar-refractivity contribution in [1.82, 2.24) is 4.57 Å². The highest BCUT2D eigenvalue weighted by Crippen LogP contribution is 2.36. The van der Waals surface area contributed by atoms with Crippen LogP contribution in [0.1, 0.15) is 0 Å². The number of fused-ring (bicyclic) bond motifs is 5. The van der Waals surface area contributed by atoms with Gasteiger partial charge in [-0.2, -0.15) is 0 Å². The average Bonchev–Trinajstić information content (AvgIpc) is 3.27. The van der Waals surface area contributed by atoms with E-state index in [0.717, 1.165) is 0 Å². The molecule has 2 heteroatoms. The van der Waals surface area contributed by atoms with Crippen LogP contribution in [-0.2, 0) is 0 Å². The molecule has 0 bridgehead atoms. The zero-order valence-corrected chi connectivity index (χ0v) is 14.8. The molecule has 0 unspecified atom stereocenters. The van der Waals surface area contributed by atoms with Gasteiger partial charge in [-0.25, -0.2) is 0 Å². The van der Waals surface area contributed by atoms with E-state index < -0.39 is 0 Å². The summed E-state index contributed by atoms with van der Waals surface area (Å²) in [5, 5.41) is 8.65. The minimum atomic E-state index is 1.22. The Hall–Kier alpha value is -3.10. The largest absolute Gasteiger partial charge is 0.308 e. The Bertz CT molecular complexity index is 1430. The molecule has 0 saturated carbocycles. The van der Waals surface area contributed by atoms with Crippen molar-refractivity contribution in [3.8, 4) is 5.69 Å². The Morgan fingerprint density at radius 3 is 2.19 bits per heavy atom. The molecule has 0 aliphatic carbocycles. The van der Waals surface area contributed by atoms with Gasteiger partial charge in [0, 0.05) is 11.1 Å². The number of hydrogen-bond donors (Lipinski definition) is 0. The van der Waals surface area contributed by atoms with Gasteiger partial charge in [0.15, 0.2) is 0 Å². The third-order valence-corrected chi connectivity index (χ3v) is 6.16. The number of nitrogens with zero attached hydrogens (tertiary/aromatic N) is 1. The molecule has 0 amide bonds. The lowest BCUT2D eigenvalue weighted by Crippen LogP contribution is -1.93. The van der Waals surface area contributed by atoms with Crippen molar-refractivity contribution in [3.05, 3.63) is 90.3 Å². The molecule has 0 saturated heterocycles. The maximum Gasteiger partial charge on any atom is 0.0648 e. The molecular formula is C24H15NS. The van der Waals surface area contributed by atoms with Crippen molar-refractivity contribution in [2.45, 2.75) is 0 Å². The summed E-state index contributed by atoms with van der Waals surface area (Å²) in [7, 11) is 0. The van der Waals surface area contributed by atoms with Crippen molar-refractivity contribution < 1.29 is 0 Å². The van der Waals surface area contributed by atoms with Gasteiger partial charge in [-0.1, -0.05) is 48.5 Å². The molecule has 0 fully saturated rings. The first-order chi connectivity index (χ1) is 12.9. The van der Waals surface area contributed by atoms with Crippen LogP contribution in [0, 0.1) is 0 Å². The molecule has 0 aliphatic rings. The minimum absolute atomic E-state index is 1.22. The minimum Gasteiger partial charge on any atom is -0.308 e. The monoisotopic (exact) mass is 349 g/mol. The predicted molar refractivity (Wildman–Crippen MR) is 114 cm³/mol. The molecule has 0 N–H and O–H groups in total. The number of benzene rings is 4. The van der Waals surface area contributed by atoms with Gasteiger partial charge in [-0.3, -0.25) is 0 Å². The molecule has 122 valence electrons. The molecule has 0 atom stereocenters. The van der Waals surface area contributed by atoms with Gasteiger partial charge < -0.3 is 4.57 Å². The SMILES string of the molecule is c1ccc2cc3cc(-n4c5ccccc5c5sccc54)ccc3cc2c1. The second-order valence-corrected chi connectivity index (χ2v) is 7.63. The van der Waals surface area contributed by atoms with Crippen LogP contribution in [-0.4, -0.2) is 4.57 Å². The van der Waals surface area contributed by atoms with E-state index in [0.29, 0.717) is 0 Å². The third kappa shape index (κ3) is 1.91. The molecule has 2 aromatic heterocycles. The molecule has 0 aliphatic heterocycles. The van der Waals surface area contributed by atoms with Gasteiger partial charge in [0.25, 0.3) is 0 Å². The Morgan fingerprint density at radius 2 is 1.31 bits per heavy atom. The van der Waals surface area contributed by atoms with Gasteiger partial charge in [0.1, 0.15) is 0 Å². The first-order valence-electron chi connectivity index (χ1n) is 8.78. The first-order valence-corrected chi connectivity index (χ1v) is 9.66. The number of rotatable bonds is 1. The highest BCUT2D eigenvalue weighted by atomic mass is 32.1. The van der Waals surface area contributed by atoms with Gasteiger partial charge in [-0.15, -0.1) is 11.3 Å². The number of aromatic nitrogens is 1. The van der Waals surface area contributed by atoms with E-state index in [9.17, 15) is 0 Å². The average molecular weight is 349 g/mol. The van der Waals surface area contributed by atoms with Crippen LogP contribution in [0.25, 0.3) is 48.4 Å².